The molecule has 138 valence electrons. The van der Waals surface area contributed by atoms with E-state index in [1.165, 1.54) is 0 Å². The fourth-order valence-corrected chi connectivity index (χ4v) is 3.66. The van der Waals surface area contributed by atoms with E-state index in [9.17, 15) is 4.79 Å². The maximum absolute atomic E-state index is 13.0. The fraction of sp³-hybridized carbons (Fsp3) is 0.0417. The number of allylic oxidation sites excluding steroid dienone is 1. The first kappa shape index (κ1) is 18.5. The molecule has 1 aliphatic heterocycles. The van der Waals surface area contributed by atoms with Crippen LogP contribution < -0.4 is 4.90 Å². The van der Waals surface area contributed by atoms with Gasteiger partial charge >= 0.3 is 0 Å². The maximum Gasteiger partial charge on any atom is 0.193 e. The zero-order chi connectivity index (χ0) is 19.8. The standard InChI is InChI=1S/C24H17Cl2NO/c1-15-12-21(17-4-3-5-20(26)13-17)22-14-18(8-11-23(22)27(15)2)24(28)16-6-9-19(25)10-7-16/h3-14H,1H2,2H3. The second kappa shape index (κ2) is 7.31. The number of hydrogen-bond acceptors (Lipinski definition) is 2. The first-order valence-electron chi connectivity index (χ1n) is 8.79. The molecule has 0 unspecified atom stereocenters. The van der Waals surface area contributed by atoms with E-state index in [1.807, 2.05) is 60.5 Å². The second-order valence-electron chi connectivity index (χ2n) is 6.69. The minimum atomic E-state index is -0.0445. The number of carbonyl (C=O) groups excluding carboxylic acids is 1. The summed E-state index contributed by atoms with van der Waals surface area (Å²) in [5.74, 6) is -0.0445. The molecule has 1 aliphatic rings. The van der Waals surface area contributed by atoms with Gasteiger partial charge in [0.2, 0.25) is 0 Å². The van der Waals surface area contributed by atoms with Gasteiger partial charge in [0.05, 0.1) is 0 Å². The molecule has 1 heterocycles. The van der Waals surface area contributed by atoms with Crippen LogP contribution in [0.15, 0.2) is 85.1 Å². The van der Waals surface area contributed by atoms with E-state index in [1.54, 1.807) is 24.3 Å². The van der Waals surface area contributed by atoms with Crippen LogP contribution in [0.2, 0.25) is 10.0 Å². The summed E-state index contributed by atoms with van der Waals surface area (Å²) in [5.41, 5.74) is 6.04. The van der Waals surface area contributed by atoms with Gasteiger partial charge in [0, 0.05) is 45.2 Å². The number of hydrogen-bond donors (Lipinski definition) is 0. The minimum absolute atomic E-state index is 0.0445. The first-order valence-corrected chi connectivity index (χ1v) is 9.54. The summed E-state index contributed by atoms with van der Waals surface area (Å²) in [6.45, 7) is 4.14. The SMILES string of the molecule is C=C1C=C(c2cccc(Cl)c2)c2cc(C(=O)c3ccc(Cl)cc3)ccc2N1C. The van der Waals surface area contributed by atoms with Gasteiger partial charge in [-0.25, -0.2) is 0 Å². The van der Waals surface area contributed by atoms with Crippen LogP contribution in [-0.2, 0) is 0 Å². The molecule has 3 aromatic carbocycles. The third-order valence-corrected chi connectivity index (χ3v) is 5.38. The topological polar surface area (TPSA) is 20.3 Å². The summed E-state index contributed by atoms with van der Waals surface area (Å²) in [4.78, 5) is 15.0. The van der Waals surface area contributed by atoms with Gasteiger partial charge in [0.1, 0.15) is 0 Å². The van der Waals surface area contributed by atoms with Gasteiger partial charge in [-0.1, -0.05) is 41.9 Å². The summed E-state index contributed by atoms with van der Waals surface area (Å²) in [6.07, 6.45) is 2.02. The van der Waals surface area contributed by atoms with Crippen LogP contribution in [0.5, 0.6) is 0 Å². The van der Waals surface area contributed by atoms with Gasteiger partial charge in [0.15, 0.2) is 5.78 Å². The molecule has 0 N–H and O–H groups in total. The Balaban J connectivity index is 1.83. The Labute approximate surface area is 174 Å². The average Bonchev–Trinajstić information content (AvgIpc) is 2.70. The van der Waals surface area contributed by atoms with Crippen molar-refractivity contribution < 1.29 is 4.79 Å². The van der Waals surface area contributed by atoms with E-state index >= 15 is 0 Å². The Kier molecular flexibility index (Phi) is 4.84. The molecule has 0 aromatic heterocycles. The van der Waals surface area contributed by atoms with Crippen molar-refractivity contribution in [1.29, 1.82) is 0 Å². The normalized spacial score (nSPS) is 13.2. The number of fused-ring (bicyclic) bond motifs is 1. The zero-order valence-electron chi connectivity index (χ0n) is 15.2. The molecule has 0 spiro atoms. The summed E-state index contributed by atoms with van der Waals surface area (Å²) in [6, 6.07) is 20.4. The van der Waals surface area contributed by atoms with Crippen molar-refractivity contribution >= 4 is 40.2 Å². The van der Waals surface area contributed by atoms with E-state index in [2.05, 4.69) is 6.58 Å². The first-order chi connectivity index (χ1) is 13.4. The molecule has 0 amide bonds. The van der Waals surface area contributed by atoms with Crippen molar-refractivity contribution in [2.45, 2.75) is 0 Å². The highest BCUT2D eigenvalue weighted by atomic mass is 35.5. The molecular weight excluding hydrogens is 389 g/mol. The predicted octanol–water partition coefficient (Wildman–Crippen LogP) is 6.62. The molecule has 0 saturated heterocycles. The quantitative estimate of drug-likeness (QED) is 0.456. The Bertz CT molecular complexity index is 1130. The van der Waals surface area contributed by atoms with Gasteiger partial charge in [-0.15, -0.1) is 0 Å². The Morgan fingerprint density at radius 2 is 1.61 bits per heavy atom. The van der Waals surface area contributed by atoms with Crippen molar-refractivity contribution in [2.24, 2.45) is 0 Å². The average molecular weight is 406 g/mol. The molecule has 0 fully saturated rings. The van der Waals surface area contributed by atoms with Crippen molar-refractivity contribution in [3.05, 3.63) is 117 Å². The lowest BCUT2D eigenvalue weighted by Crippen LogP contribution is -2.20. The van der Waals surface area contributed by atoms with Crippen LogP contribution in [0, 0.1) is 0 Å². The fourth-order valence-electron chi connectivity index (χ4n) is 3.34. The summed E-state index contributed by atoms with van der Waals surface area (Å²) >= 11 is 12.1. The van der Waals surface area contributed by atoms with Crippen LogP contribution >= 0.6 is 23.2 Å². The Morgan fingerprint density at radius 1 is 0.893 bits per heavy atom. The number of benzene rings is 3. The molecule has 2 nitrogen and oxygen atoms in total. The number of nitrogens with zero attached hydrogens (tertiary/aromatic N) is 1. The maximum atomic E-state index is 13.0. The molecule has 4 rings (SSSR count). The lowest BCUT2D eigenvalue weighted by Gasteiger charge is -2.29. The van der Waals surface area contributed by atoms with E-state index in [0.717, 1.165) is 28.1 Å². The summed E-state index contributed by atoms with van der Waals surface area (Å²) < 4.78 is 0. The van der Waals surface area contributed by atoms with Crippen molar-refractivity contribution in [2.75, 3.05) is 11.9 Å². The molecule has 3 aromatic rings. The Morgan fingerprint density at radius 3 is 2.32 bits per heavy atom. The number of halogens is 2. The third kappa shape index (κ3) is 3.37. The van der Waals surface area contributed by atoms with Gasteiger partial charge in [-0.3, -0.25) is 4.79 Å². The van der Waals surface area contributed by atoms with Gasteiger partial charge < -0.3 is 4.90 Å². The molecule has 4 heteroatoms. The molecule has 0 radical (unpaired) electrons. The predicted molar refractivity (Wildman–Crippen MR) is 117 cm³/mol. The summed E-state index contributed by atoms with van der Waals surface area (Å²) in [7, 11) is 1.97. The largest absolute Gasteiger partial charge is 0.345 e. The number of likely N-dealkylation sites (N-methyl/N-ethyl adjacent to an activating group) is 1. The smallest absolute Gasteiger partial charge is 0.193 e. The van der Waals surface area contributed by atoms with Gasteiger partial charge in [0.25, 0.3) is 0 Å². The highest BCUT2D eigenvalue weighted by Gasteiger charge is 2.22. The minimum Gasteiger partial charge on any atom is -0.345 e. The third-order valence-electron chi connectivity index (χ3n) is 4.89. The van der Waals surface area contributed by atoms with E-state index < -0.39 is 0 Å². The zero-order valence-corrected chi connectivity index (χ0v) is 16.8. The van der Waals surface area contributed by atoms with Crippen molar-refractivity contribution in [3.63, 3.8) is 0 Å². The number of ketones is 1. The van der Waals surface area contributed by atoms with E-state index in [-0.39, 0.29) is 5.78 Å². The Hall–Kier alpha value is -2.81. The highest BCUT2D eigenvalue weighted by molar-refractivity contribution is 6.31. The molecular formula is C24H17Cl2NO. The number of rotatable bonds is 3. The molecule has 0 bridgehead atoms. The van der Waals surface area contributed by atoms with E-state index in [0.29, 0.717) is 21.2 Å². The van der Waals surface area contributed by atoms with E-state index in [4.69, 9.17) is 23.2 Å². The van der Waals surface area contributed by atoms with Gasteiger partial charge in [-0.2, -0.15) is 0 Å². The summed E-state index contributed by atoms with van der Waals surface area (Å²) in [5, 5.41) is 1.27. The monoisotopic (exact) mass is 405 g/mol. The van der Waals surface area contributed by atoms with Crippen molar-refractivity contribution in [1.82, 2.24) is 0 Å². The molecule has 0 saturated carbocycles. The number of anilines is 1. The van der Waals surface area contributed by atoms with Crippen LogP contribution in [0.1, 0.15) is 27.0 Å². The van der Waals surface area contributed by atoms with Crippen LogP contribution in [0.4, 0.5) is 5.69 Å². The van der Waals surface area contributed by atoms with Crippen LogP contribution in [-0.4, -0.2) is 12.8 Å². The lowest BCUT2D eigenvalue weighted by molar-refractivity contribution is 0.103. The van der Waals surface area contributed by atoms with Crippen molar-refractivity contribution in [3.8, 4) is 0 Å². The molecule has 0 aliphatic carbocycles. The lowest BCUT2D eigenvalue weighted by atomic mass is 9.89. The second-order valence-corrected chi connectivity index (χ2v) is 7.56. The van der Waals surface area contributed by atoms with Crippen LogP contribution in [0.3, 0.4) is 0 Å². The van der Waals surface area contributed by atoms with Crippen LogP contribution in [0.25, 0.3) is 5.57 Å². The molecule has 28 heavy (non-hydrogen) atoms. The highest BCUT2D eigenvalue weighted by Crippen LogP contribution is 2.39. The number of carbonyl (C=O) groups is 1. The molecule has 0 atom stereocenters. The van der Waals surface area contributed by atoms with Gasteiger partial charge in [-0.05, 0) is 71.8 Å².